The van der Waals surface area contributed by atoms with Crippen molar-refractivity contribution < 1.29 is 0 Å². The van der Waals surface area contributed by atoms with Gasteiger partial charge in [0.25, 0.3) is 0 Å². The summed E-state index contributed by atoms with van der Waals surface area (Å²) in [6.07, 6.45) is 9.09. The molecule has 0 saturated heterocycles. The normalized spacial score (nSPS) is 24.3. The second-order valence-corrected chi connectivity index (χ2v) is 8.13. The van der Waals surface area contributed by atoms with E-state index in [1.165, 1.54) is 5.70 Å². The first-order valence-electron chi connectivity index (χ1n) is 7.29. The summed E-state index contributed by atoms with van der Waals surface area (Å²) < 4.78 is 0.513. The van der Waals surface area contributed by atoms with Crippen LogP contribution in [0, 0.1) is 0 Å². The van der Waals surface area contributed by atoms with Gasteiger partial charge < -0.3 is 10.6 Å². The van der Waals surface area contributed by atoms with Crippen LogP contribution in [0.15, 0.2) is 23.9 Å². The smallest absolute Gasteiger partial charge is 0.0483 e. The lowest BCUT2D eigenvalue weighted by molar-refractivity contribution is 0.350. The van der Waals surface area contributed by atoms with E-state index in [1.807, 2.05) is 0 Å². The molecule has 0 amide bonds. The highest BCUT2D eigenvalue weighted by atomic mass is 127. The molecule has 0 aliphatic heterocycles. The Morgan fingerprint density at radius 3 is 2.21 bits per heavy atom. The second kappa shape index (κ2) is 6.61. The van der Waals surface area contributed by atoms with Gasteiger partial charge in [-0.3, -0.25) is 0 Å². The van der Waals surface area contributed by atoms with E-state index in [9.17, 15) is 0 Å². The largest absolute Gasteiger partial charge is 0.380 e. The summed E-state index contributed by atoms with van der Waals surface area (Å²) in [7, 11) is 0. The molecule has 1 rings (SSSR count). The third-order valence-corrected chi connectivity index (χ3v) is 5.16. The van der Waals surface area contributed by atoms with E-state index in [-0.39, 0.29) is 11.1 Å². The van der Waals surface area contributed by atoms with Gasteiger partial charge in [-0.25, -0.2) is 0 Å². The van der Waals surface area contributed by atoms with Crippen molar-refractivity contribution in [2.75, 3.05) is 0 Å². The lowest BCUT2D eigenvalue weighted by atomic mass is 9.96. The molecule has 2 unspecified atom stereocenters. The minimum absolute atomic E-state index is 0.152. The number of hydrogen-bond acceptors (Lipinski definition) is 2. The third-order valence-electron chi connectivity index (χ3n) is 3.97. The first kappa shape index (κ1) is 17.0. The van der Waals surface area contributed by atoms with Crippen LogP contribution in [0.3, 0.4) is 0 Å². The van der Waals surface area contributed by atoms with E-state index in [4.69, 9.17) is 0 Å². The number of allylic oxidation sites excluding steroid dienone is 1. The standard InChI is InChI=1S/C16H29IN2/c1-7-15(3,4)18-12-9-10-13(17)14(11-12)19-16(5,6)8-2/h9-11,13-14,18-19H,7-8H2,1-6H3. The van der Waals surface area contributed by atoms with Crippen LogP contribution < -0.4 is 10.6 Å². The number of rotatable bonds is 6. The molecule has 0 saturated carbocycles. The fourth-order valence-corrected chi connectivity index (χ4v) is 2.49. The molecule has 2 N–H and O–H groups in total. The van der Waals surface area contributed by atoms with E-state index in [0.29, 0.717) is 9.97 Å². The van der Waals surface area contributed by atoms with Crippen LogP contribution in [0.5, 0.6) is 0 Å². The van der Waals surface area contributed by atoms with Gasteiger partial charge in [0.15, 0.2) is 0 Å². The Kier molecular flexibility index (Phi) is 5.93. The predicted octanol–water partition coefficient (Wildman–Crippen LogP) is 4.17. The second-order valence-electron chi connectivity index (χ2n) is 6.70. The molecule has 3 heteroatoms. The van der Waals surface area contributed by atoms with Gasteiger partial charge in [-0.2, -0.15) is 0 Å². The van der Waals surface area contributed by atoms with Gasteiger partial charge in [-0.15, -0.1) is 0 Å². The summed E-state index contributed by atoms with van der Waals surface area (Å²) in [4.78, 5) is 0. The van der Waals surface area contributed by atoms with Crippen LogP contribution in [-0.4, -0.2) is 21.0 Å². The number of hydrogen-bond donors (Lipinski definition) is 2. The van der Waals surface area contributed by atoms with Crippen molar-refractivity contribution in [1.29, 1.82) is 0 Å². The maximum Gasteiger partial charge on any atom is 0.0483 e. The monoisotopic (exact) mass is 376 g/mol. The predicted molar refractivity (Wildman–Crippen MR) is 93.8 cm³/mol. The molecule has 0 aromatic rings. The van der Waals surface area contributed by atoms with E-state index in [1.54, 1.807) is 0 Å². The Morgan fingerprint density at radius 1 is 1.11 bits per heavy atom. The molecular formula is C16H29IN2. The molecule has 19 heavy (non-hydrogen) atoms. The molecule has 0 heterocycles. The SMILES string of the molecule is CCC(C)(C)NC1=CC(NC(C)(C)CC)C(I)C=C1. The summed E-state index contributed by atoms with van der Waals surface area (Å²) in [5.74, 6) is 0. The Balaban J connectivity index is 2.77. The fraction of sp³-hybridized carbons (Fsp3) is 0.750. The maximum atomic E-state index is 3.75. The van der Waals surface area contributed by atoms with Gasteiger partial charge in [0.1, 0.15) is 0 Å². The molecule has 1 aliphatic carbocycles. The topological polar surface area (TPSA) is 24.1 Å². The molecule has 0 spiro atoms. The first-order chi connectivity index (χ1) is 8.69. The molecule has 1 aliphatic rings. The summed E-state index contributed by atoms with van der Waals surface area (Å²) in [5, 5.41) is 7.38. The third kappa shape index (κ3) is 5.46. The maximum absolute atomic E-state index is 3.75. The summed E-state index contributed by atoms with van der Waals surface area (Å²) >= 11 is 2.51. The summed E-state index contributed by atoms with van der Waals surface area (Å²) in [6.45, 7) is 13.5. The Hall–Kier alpha value is -0.0300. The highest BCUT2D eigenvalue weighted by molar-refractivity contribution is 14.1. The summed E-state index contributed by atoms with van der Waals surface area (Å²) in [6, 6.07) is 0.399. The molecule has 110 valence electrons. The number of nitrogens with one attached hydrogen (secondary N) is 2. The van der Waals surface area contributed by atoms with Crippen molar-refractivity contribution >= 4 is 22.6 Å². The van der Waals surface area contributed by atoms with Crippen LogP contribution in [0.2, 0.25) is 0 Å². The average Bonchev–Trinajstić information content (AvgIpc) is 2.33. The van der Waals surface area contributed by atoms with Gasteiger partial charge in [-0.05, 0) is 52.7 Å². The molecule has 2 atom stereocenters. The van der Waals surface area contributed by atoms with Crippen LogP contribution in [0.25, 0.3) is 0 Å². The number of halogens is 1. The van der Waals surface area contributed by atoms with Gasteiger partial charge in [0.2, 0.25) is 0 Å². The van der Waals surface area contributed by atoms with E-state index in [0.717, 1.165) is 12.8 Å². The van der Waals surface area contributed by atoms with Crippen molar-refractivity contribution in [1.82, 2.24) is 10.6 Å². The molecule has 2 nitrogen and oxygen atoms in total. The van der Waals surface area contributed by atoms with Gasteiger partial charge in [-0.1, -0.05) is 42.5 Å². The number of alkyl halides is 1. The van der Waals surface area contributed by atoms with Crippen LogP contribution in [-0.2, 0) is 0 Å². The Labute approximate surface area is 132 Å². The van der Waals surface area contributed by atoms with Crippen molar-refractivity contribution in [3.05, 3.63) is 23.9 Å². The molecular weight excluding hydrogens is 347 g/mol. The Morgan fingerprint density at radius 2 is 1.68 bits per heavy atom. The van der Waals surface area contributed by atoms with Gasteiger partial charge >= 0.3 is 0 Å². The van der Waals surface area contributed by atoms with E-state index >= 15 is 0 Å². The zero-order chi connectivity index (χ0) is 14.7. The summed E-state index contributed by atoms with van der Waals surface area (Å²) in [5.41, 5.74) is 1.57. The highest BCUT2D eigenvalue weighted by Gasteiger charge is 2.26. The quantitative estimate of drug-likeness (QED) is 0.537. The van der Waals surface area contributed by atoms with Crippen molar-refractivity contribution in [3.8, 4) is 0 Å². The minimum Gasteiger partial charge on any atom is -0.380 e. The molecule has 0 aromatic carbocycles. The highest BCUT2D eigenvalue weighted by Crippen LogP contribution is 2.22. The minimum atomic E-state index is 0.152. The van der Waals surface area contributed by atoms with Crippen molar-refractivity contribution in [3.63, 3.8) is 0 Å². The lowest BCUT2D eigenvalue weighted by Gasteiger charge is -2.35. The average molecular weight is 376 g/mol. The first-order valence-corrected chi connectivity index (χ1v) is 8.53. The fourth-order valence-electron chi connectivity index (χ4n) is 1.89. The molecule has 0 bridgehead atoms. The molecule has 0 fully saturated rings. The van der Waals surface area contributed by atoms with Crippen LogP contribution >= 0.6 is 22.6 Å². The van der Waals surface area contributed by atoms with Crippen LogP contribution in [0.4, 0.5) is 0 Å². The lowest BCUT2D eigenvalue weighted by Crippen LogP contribution is -2.49. The van der Waals surface area contributed by atoms with Crippen molar-refractivity contribution in [2.24, 2.45) is 0 Å². The van der Waals surface area contributed by atoms with E-state index < -0.39 is 0 Å². The van der Waals surface area contributed by atoms with Gasteiger partial charge in [0, 0.05) is 26.7 Å². The Bertz CT molecular complexity index is 356. The molecule has 0 aromatic heterocycles. The molecule has 0 radical (unpaired) electrons. The van der Waals surface area contributed by atoms with Gasteiger partial charge in [0.05, 0.1) is 0 Å². The van der Waals surface area contributed by atoms with Crippen LogP contribution in [0.1, 0.15) is 54.4 Å². The van der Waals surface area contributed by atoms with Crippen molar-refractivity contribution in [2.45, 2.75) is 75.4 Å². The zero-order valence-electron chi connectivity index (χ0n) is 13.2. The zero-order valence-corrected chi connectivity index (χ0v) is 15.3. The van der Waals surface area contributed by atoms with E-state index in [2.05, 4.69) is 93.0 Å².